The Hall–Kier alpha value is -3.85. The fourth-order valence-electron chi connectivity index (χ4n) is 3.24. The lowest BCUT2D eigenvalue weighted by molar-refractivity contribution is -0.385. The number of nitro groups is 1. The van der Waals surface area contributed by atoms with Crippen molar-refractivity contribution in [2.45, 2.75) is 20.5 Å². The van der Waals surface area contributed by atoms with Crippen LogP contribution in [0.5, 0.6) is 0 Å². The van der Waals surface area contributed by atoms with E-state index in [2.05, 4.69) is 10.3 Å². The van der Waals surface area contributed by atoms with Gasteiger partial charge in [0.25, 0.3) is 11.6 Å². The number of pyridine rings is 1. The van der Waals surface area contributed by atoms with Crippen LogP contribution >= 0.6 is 0 Å². The highest BCUT2D eigenvalue weighted by atomic mass is 16.6. The lowest BCUT2D eigenvalue weighted by atomic mass is 10.0. The number of ether oxygens (including phenoxy) is 2. The van der Waals surface area contributed by atoms with Gasteiger partial charge < -0.3 is 14.8 Å². The Morgan fingerprint density at radius 1 is 1.16 bits per heavy atom. The Kier molecular flexibility index (Phi) is 6.56. The van der Waals surface area contributed by atoms with Gasteiger partial charge in [0, 0.05) is 29.8 Å². The van der Waals surface area contributed by atoms with Gasteiger partial charge in [0.2, 0.25) is 0 Å². The van der Waals surface area contributed by atoms with E-state index in [0.717, 1.165) is 10.9 Å². The number of methoxy groups -OCH3 is 1. The van der Waals surface area contributed by atoms with Gasteiger partial charge >= 0.3 is 5.97 Å². The molecule has 0 bridgehead atoms. The number of para-hydroxylation sites is 1. The van der Waals surface area contributed by atoms with Gasteiger partial charge in [0.15, 0.2) is 6.61 Å². The number of nitrogens with one attached hydrogen (secondary N) is 1. The quantitative estimate of drug-likeness (QED) is 0.349. The predicted octanol–water partition coefficient (Wildman–Crippen LogP) is 3.70. The third-order valence-electron chi connectivity index (χ3n) is 4.74. The maximum atomic E-state index is 12.8. The average Bonchev–Trinajstić information content (AvgIpc) is 2.74. The van der Waals surface area contributed by atoms with Crippen molar-refractivity contribution in [3.63, 3.8) is 0 Å². The van der Waals surface area contributed by atoms with Crippen molar-refractivity contribution < 1.29 is 24.0 Å². The van der Waals surface area contributed by atoms with E-state index >= 15 is 0 Å². The molecule has 0 saturated carbocycles. The molecular formula is C22H21N3O6. The number of esters is 1. The molecule has 1 N–H and O–H groups in total. The number of carbonyl (C=O) groups excluding carboxylic acids is 2. The summed E-state index contributed by atoms with van der Waals surface area (Å²) in [5.74, 6) is -1.32. The number of aromatic nitrogens is 1. The minimum absolute atomic E-state index is 0.106. The lowest BCUT2D eigenvalue weighted by Gasteiger charge is -2.14. The molecule has 9 heteroatoms. The van der Waals surface area contributed by atoms with Crippen LogP contribution < -0.4 is 5.32 Å². The van der Waals surface area contributed by atoms with Crippen LogP contribution in [0.25, 0.3) is 10.9 Å². The zero-order valence-corrected chi connectivity index (χ0v) is 17.3. The minimum Gasteiger partial charge on any atom is -0.452 e. The summed E-state index contributed by atoms with van der Waals surface area (Å²) < 4.78 is 10.4. The van der Waals surface area contributed by atoms with Gasteiger partial charge in [0.1, 0.15) is 0 Å². The Balaban J connectivity index is 1.76. The number of anilines is 1. The van der Waals surface area contributed by atoms with E-state index in [1.165, 1.54) is 25.3 Å². The summed E-state index contributed by atoms with van der Waals surface area (Å²) in [5, 5.41) is 14.3. The summed E-state index contributed by atoms with van der Waals surface area (Å²) in [4.78, 5) is 40.0. The van der Waals surface area contributed by atoms with Crippen molar-refractivity contribution >= 4 is 34.2 Å². The van der Waals surface area contributed by atoms with Crippen LogP contribution in [0.2, 0.25) is 0 Å². The Morgan fingerprint density at radius 3 is 2.61 bits per heavy atom. The van der Waals surface area contributed by atoms with Gasteiger partial charge in [0.05, 0.1) is 28.3 Å². The molecule has 1 heterocycles. The van der Waals surface area contributed by atoms with Gasteiger partial charge in [-0.2, -0.15) is 0 Å². The second kappa shape index (κ2) is 9.31. The van der Waals surface area contributed by atoms with Crippen molar-refractivity contribution in [3.05, 3.63) is 75.0 Å². The second-order valence-electron chi connectivity index (χ2n) is 6.89. The van der Waals surface area contributed by atoms with Crippen molar-refractivity contribution in [2.75, 3.05) is 19.0 Å². The number of hydrogen-bond donors (Lipinski definition) is 1. The van der Waals surface area contributed by atoms with Gasteiger partial charge in [-0.05, 0) is 31.5 Å². The average molecular weight is 423 g/mol. The van der Waals surface area contributed by atoms with Gasteiger partial charge in [-0.15, -0.1) is 0 Å². The van der Waals surface area contributed by atoms with Crippen LogP contribution in [0, 0.1) is 24.0 Å². The number of benzene rings is 2. The molecule has 0 atom stereocenters. The Bertz CT molecular complexity index is 1180. The number of fused-ring (bicyclic) bond motifs is 1. The summed E-state index contributed by atoms with van der Waals surface area (Å²) in [6, 6.07) is 11.7. The zero-order valence-electron chi connectivity index (χ0n) is 17.3. The first-order valence-electron chi connectivity index (χ1n) is 9.41. The standard InChI is InChI=1S/C22H21N3O6/c1-13-8-9-15(10-19(13)25(28)29)23-20(26)12-31-22(27)21-14(2)16-6-4-5-7-17(16)24-18(21)11-30-3/h4-10H,11-12H2,1-3H3,(H,23,26). The van der Waals surface area contributed by atoms with Crippen LogP contribution in [0.1, 0.15) is 27.2 Å². The summed E-state index contributed by atoms with van der Waals surface area (Å²) in [7, 11) is 1.50. The van der Waals surface area contributed by atoms with E-state index in [4.69, 9.17) is 9.47 Å². The molecular weight excluding hydrogens is 402 g/mol. The number of hydrogen-bond acceptors (Lipinski definition) is 7. The van der Waals surface area contributed by atoms with Crippen molar-refractivity contribution in [1.82, 2.24) is 4.98 Å². The first kappa shape index (κ1) is 21.8. The van der Waals surface area contributed by atoms with Crippen molar-refractivity contribution in [3.8, 4) is 0 Å². The predicted molar refractivity (Wildman–Crippen MR) is 114 cm³/mol. The Morgan fingerprint density at radius 2 is 1.90 bits per heavy atom. The Labute approximate surface area is 178 Å². The van der Waals surface area contributed by atoms with E-state index in [1.54, 1.807) is 13.8 Å². The molecule has 0 aliphatic rings. The summed E-state index contributed by atoms with van der Waals surface area (Å²) >= 11 is 0. The summed E-state index contributed by atoms with van der Waals surface area (Å²) in [5.41, 5.74) is 2.66. The molecule has 160 valence electrons. The van der Waals surface area contributed by atoms with Gasteiger partial charge in [-0.3, -0.25) is 14.9 Å². The molecule has 0 fully saturated rings. The van der Waals surface area contributed by atoms with Crippen LogP contribution in [-0.2, 0) is 20.9 Å². The monoisotopic (exact) mass is 423 g/mol. The molecule has 0 saturated heterocycles. The molecule has 2 aromatic carbocycles. The minimum atomic E-state index is -0.701. The van der Waals surface area contributed by atoms with Crippen molar-refractivity contribution in [2.24, 2.45) is 0 Å². The first-order chi connectivity index (χ1) is 14.8. The molecule has 0 radical (unpaired) electrons. The fraction of sp³-hybridized carbons (Fsp3) is 0.227. The topological polar surface area (TPSA) is 121 Å². The number of nitro benzene ring substituents is 1. The maximum absolute atomic E-state index is 12.8. The van der Waals surface area contributed by atoms with Crippen LogP contribution in [0.4, 0.5) is 11.4 Å². The highest BCUT2D eigenvalue weighted by Gasteiger charge is 2.21. The largest absolute Gasteiger partial charge is 0.452 e. The zero-order chi connectivity index (χ0) is 22.5. The number of carbonyl (C=O) groups is 2. The van der Waals surface area contributed by atoms with E-state index < -0.39 is 23.4 Å². The number of rotatable bonds is 7. The second-order valence-corrected chi connectivity index (χ2v) is 6.89. The third kappa shape index (κ3) is 4.84. The summed E-state index contributed by atoms with van der Waals surface area (Å²) in [6.45, 7) is 2.93. The fourth-order valence-corrected chi connectivity index (χ4v) is 3.24. The molecule has 1 aromatic heterocycles. The number of nitrogens with zero attached hydrogens (tertiary/aromatic N) is 2. The van der Waals surface area contributed by atoms with E-state index in [-0.39, 0.29) is 23.5 Å². The van der Waals surface area contributed by atoms with E-state index in [0.29, 0.717) is 16.8 Å². The molecule has 3 aromatic rings. The molecule has 0 aliphatic carbocycles. The van der Waals surface area contributed by atoms with Crippen LogP contribution in [0.3, 0.4) is 0 Å². The third-order valence-corrected chi connectivity index (χ3v) is 4.74. The van der Waals surface area contributed by atoms with Gasteiger partial charge in [-0.1, -0.05) is 24.3 Å². The molecule has 3 rings (SSSR count). The van der Waals surface area contributed by atoms with E-state index in [9.17, 15) is 19.7 Å². The molecule has 0 unspecified atom stereocenters. The molecule has 9 nitrogen and oxygen atoms in total. The highest BCUT2D eigenvalue weighted by molar-refractivity contribution is 6.00. The number of amides is 1. The maximum Gasteiger partial charge on any atom is 0.340 e. The summed E-state index contributed by atoms with van der Waals surface area (Å²) in [6.07, 6.45) is 0. The molecule has 0 spiro atoms. The SMILES string of the molecule is COCc1nc2ccccc2c(C)c1C(=O)OCC(=O)Nc1ccc(C)c([N+](=O)[O-])c1. The molecule has 0 aliphatic heterocycles. The van der Waals surface area contributed by atoms with Crippen LogP contribution in [-0.4, -0.2) is 35.5 Å². The van der Waals surface area contributed by atoms with E-state index in [1.807, 2.05) is 24.3 Å². The van der Waals surface area contributed by atoms with Crippen LogP contribution in [0.15, 0.2) is 42.5 Å². The highest BCUT2D eigenvalue weighted by Crippen LogP contribution is 2.25. The lowest BCUT2D eigenvalue weighted by Crippen LogP contribution is -2.22. The molecule has 1 amide bonds. The van der Waals surface area contributed by atoms with Crippen molar-refractivity contribution in [1.29, 1.82) is 0 Å². The first-order valence-corrected chi connectivity index (χ1v) is 9.41. The normalized spacial score (nSPS) is 10.7. The van der Waals surface area contributed by atoms with Gasteiger partial charge in [-0.25, -0.2) is 9.78 Å². The number of aryl methyl sites for hydroxylation is 2. The molecule has 31 heavy (non-hydrogen) atoms. The smallest absolute Gasteiger partial charge is 0.340 e.